The number of carboxylic acids is 1. The second-order valence-corrected chi connectivity index (χ2v) is 3.15. The number of fused-ring (bicyclic) bond motifs is 1. The van der Waals surface area contributed by atoms with Crippen molar-refractivity contribution >= 4 is 16.7 Å². The molecule has 0 aliphatic heterocycles. The molecule has 0 spiro atoms. The van der Waals surface area contributed by atoms with Crippen LogP contribution >= 0.6 is 0 Å². The lowest BCUT2D eigenvalue weighted by Crippen LogP contribution is -1.97. The predicted molar refractivity (Wildman–Crippen MR) is 54.2 cm³/mol. The largest absolute Gasteiger partial charge is 0.507 e. The number of carboxylic acid groups (broad SMARTS) is 1. The summed E-state index contributed by atoms with van der Waals surface area (Å²) in [5, 5.41) is 28.9. The Morgan fingerprint density at radius 1 is 1.13 bits per heavy atom. The van der Waals surface area contributed by atoms with Gasteiger partial charge in [0, 0.05) is 5.39 Å². The average molecular weight is 204 g/mol. The van der Waals surface area contributed by atoms with Crippen molar-refractivity contribution in [2.45, 2.75) is 0 Å². The van der Waals surface area contributed by atoms with Crippen LogP contribution in [0, 0.1) is 0 Å². The molecule has 4 nitrogen and oxygen atoms in total. The fourth-order valence-electron chi connectivity index (χ4n) is 1.52. The monoisotopic (exact) mass is 204 g/mol. The highest BCUT2D eigenvalue weighted by atomic mass is 16.4. The topological polar surface area (TPSA) is 77.8 Å². The van der Waals surface area contributed by atoms with Gasteiger partial charge in [0.05, 0.1) is 0 Å². The molecule has 0 heterocycles. The Labute approximate surface area is 85.0 Å². The Kier molecular flexibility index (Phi) is 1.97. The molecule has 2 aromatic rings. The maximum Gasteiger partial charge on any atom is 0.343 e. The van der Waals surface area contributed by atoms with E-state index in [1.807, 2.05) is 0 Å². The van der Waals surface area contributed by atoms with E-state index in [4.69, 9.17) is 5.11 Å². The molecule has 3 N–H and O–H groups in total. The van der Waals surface area contributed by atoms with Gasteiger partial charge >= 0.3 is 5.97 Å². The van der Waals surface area contributed by atoms with E-state index in [9.17, 15) is 15.0 Å². The molecule has 0 aliphatic carbocycles. The Bertz CT molecular complexity index is 546. The van der Waals surface area contributed by atoms with Crippen molar-refractivity contribution in [2.75, 3.05) is 0 Å². The number of hydrogen-bond acceptors (Lipinski definition) is 3. The third kappa shape index (κ3) is 1.36. The van der Waals surface area contributed by atoms with E-state index >= 15 is 0 Å². The zero-order valence-corrected chi connectivity index (χ0v) is 7.64. The lowest BCUT2D eigenvalue weighted by atomic mass is 10.0. The van der Waals surface area contributed by atoms with Crippen LogP contribution in [0.5, 0.6) is 11.5 Å². The van der Waals surface area contributed by atoms with E-state index in [1.54, 1.807) is 24.3 Å². The van der Waals surface area contributed by atoms with Crippen molar-refractivity contribution in [2.24, 2.45) is 0 Å². The summed E-state index contributed by atoms with van der Waals surface area (Å²) in [5.74, 6) is -2.19. The molecular formula is C11H8O4. The number of carbonyl (C=O) groups is 1. The highest BCUT2D eigenvalue weighted by Gasteiger charge is 2.17. The van der Waals surface area contributed by atoms with Crippen molar-refractivity contribution < 1.29 is 20.1 Å². The number of phenols is 2. The van der Waals surface area contributed by atoms with Crippen molar-refractivity contribution in [1.82, 2.24) is 0 Å². The molecule has 2 aromatic carbocycles. The molecule has 0 aromatic heterocycles. The van der Waals surface area contributed by atoms with E-state index in [2.05, 4.69) is 0 Å². The molecular weight excluding hydrogens is 196 g/mol. The molecule has 0 amide bonds. The van der Waals surface area contributed by atoms with Gasteiger partial charge in [0.1, 0.15) is 17.1 Å². The summed E-state index contributed by atoms with van der Waals surface area (Å²) in [5.41, 5.74) is -0.464. The van der Waals surface area contributed by atoms with Gasteiger partial charge in [-0.3, -0.25) is 0 Å². The predicted octanol–water partition coefficient (Wildman–Crippen LogP) is 1.95. The van der Waals surface area contributed by atoms with Gasteiger partial charge in [0.2, 0.25) is 0 Å². The van der Waals surface area contributed by atoms with Crippen LogP contribution in [0.4, 0.5) is 0 Å². The average Bonchev–Trinajstić information content (AvgIpc) is 2.17. The van der Waals surface area contributed by atoms with Crippen LogP contribution in [0.15, 0.2) is 30.3 Å². The Morgan fingerprint density at radius 3 is 2.47 bits per heavy atom. The van der Waals surface area contributed by atoms with E-state index in [1.165, 1.54) is 6.07 Å². The maximum absolute atomic E-state index is 10.8. The van der Waals surface area contributed by atoms with E-state index < -0.39 is 23.0 Å². The minimum atomic E-state index is -1.35. The molecule has 0 radical (unpaired) electrons. The quantitative estimate of drug-likeness (QED) is 0.663. The third-order valence-electron chi connectivity index (χ3n) is 2.21. The molecule has 0 aliphatic rings. The SMILES string of the molecule is O=C(O)c1c(O)cc2ccccc2c1O. The van der Waals surface area contributed by atoms with Crippen LogP contribution in [0.3, 0.4) is 0 Å². The zero-order chi connectivity index (χ0) is 11.0. The Morgan fingerprint density at radius 2 is 1.80 bits per heavy atom. The minimum absolute atomic E-state index is 0.405. The molecule has 76 valence electrons. The highest BCUT2D eigenvalue weighted by molar-refractivity contribution is 6.03. The summed E-state index contributed by atoms with van der Waals surface area (Å²) in [4.78, 5) is 10.8. The van der Waals surface area contributed by atoms with Gasteiger partial charge < -0.3 is 15.3 Å². The van der Waals surface area contributed by atoms with Crippen LogP contribution in [0.25, 0.3) is 10.8 Å². The lowest BCUT2D eigenvalue weighted by Gasteiger charge is -2.06. The Hall–Kier alpha value is -2.23. The molecule has 0 unspecified atom stereocenters. The maximum atomic E-state index is 10.8. The molecule has 4 heteroatoms. The van der Waals surface area contributed by atoms with Gasteiger partial charge in [0.25, 0.3) is 0 Å². The highest BCUT2D eigenvalue weighted by Crippen LogP contribution is 2.35. The van der Waals surface area contributed by atoms with Gasteiger partial charge in [-0.1, -0.05) is 24.3 Å². The minimum Gasteiger partial charge on any atom is -0.507 e. The van der Waals surface area contributed by atoms with Gasteiger partial charge in [0.15, 0.2) is 0 Å². The summed E-state index contributed by atoms with van der Waals surface area (Å²) >= 11 is 0. The molecule has 0 atom stereocenters. The first-order valence-corrected chi connectivity index (χ1v) is 4.28. The van der Waals surface area contributed by atoms with Gasteiger partial charge in [-0.25, -0.2) is 4.79 Å². The molecule has 15 heavy (non-hydrogen) atoms. The van der Waals surface area contributed by atoms with Crippen molar-refractivity contribution in [1.29, 1.82) is 0 Å². The molecule has 2 rings (SSSR count). The van der Waals surface area contributed by atoms with Gasteiger partial charge in [-0.15, -0.1) is 0 Å². The Balaban J connectivity index is 2.90. The smallest absolute Gasteiger partial charge is 0.343 e. The second-order valence-electron chi connectivity index (χ2n) is 3.15. The first-order valence-electron chi connectivity index (χ1n) is 4.28. The summed E-state index contributed by atoms with van der Waals surface area (Å²) in [6, 6.07) is 8.02. The van der Waals surface area contributed by atoms with Crippen molar-refractivity contribution in [3.8, 4) is 11.5 Å². The van der Waals surface area contributed by atoms with Gasteiger partial charge in [-0.2, -0.15) is 0 Å². The van der Waals surface area contributed by atoms with Gasteiger partial charge in [-0.05, 0) is 11.5 Å². The standard InChI is InChI=1S/C11H8O4/c12-8-5-6-3-1-2-4-7(6)10(13)9(8)11(14)15/h1-5,12-13H,(H,14,15). The van der Waals surface area contributed by atoms with Crippen LogP contribution in [-0.4, -0.2) is 21.3 Å². The first kappa shape index (κ1) is 9.33. The van der Waals surface area contributed by atoms with Crippen molar-refractivity contribution in [3.05, 3.63) is 35.9 Å². The van der Waals surface area contributed by atoms with Crippen molar-refractivity contribution in [3.63, 3.8) is 0 Å². The summed E-state index contributed by atoms with van der Waals surface area (Å²) < 4.78 is 0. The molecule has 0 saturated heterocycles. The van der Waals surface area contributed by atoms with E-state index in [-0.39, 0.29) is 0 Å². The van der Waals surface area contributed by atoms with Crippen LogP contribution in [0.1, 0.15) is 10.4 Å². The normalized spacial score (nSPS) is 10.4. The summed E-state index contributed by atoms with van der Waals surface area (Å²) in [7, 11) is 0. The number of aromatic hydroxyl groups is 2. The molecule has 0 bridgehead atoms. The van der Waals surface area contributed by atoms with E-state index in [0.717, 1.165) is 0 Å². The third-order valence-corrected chi connectivity index (χ3v) is 2.21. The lowest BCUT2D eigenvalue weighted by molar-refractivity contribution is 0.0691. The second kappa shape index (κ2) is 3.16. The fourth-order valence-corrected chi connectivity index (χ4v) is 1.52. The van der Waals surface area contributed by atoms with Crippen LogP contribution in [0.2, 0.25) is 0 Å². The zero-order valence-electron chi connectivity index (χ0n) is 7.64. The number of hydrogen-bond donors (Lipinski definition) is 3. The van der Waals surface area contributed by atoms with E-state index in [0.29, 0.717) is 10.8 Å². The number of rotatable bonds is 1. The molecule has 0 saturated carbocycles. The molecule has 0 fully saturated rings. The summed E-state index contributed by atoms with van der Waals surface area (Å²) in [6.45, 7) is 0. The van der Waals surface area contributed by atoms with Crippen LogP contribution < -0.4 is 0 Å². The fraction of sp³-hybridized carbons (Fsp3) is 0. The number of benzene rings is 2. The first-order chi connectivity index (χ1) is 7.11. The summed E-state index contributed by atoms with van der Waals surface area (Å²) in [6.07, 6.45) is 0. The number of aromatic carboxylic acids is 1. The van der Waals surface area contributed by atoms with Crippen LogP contribution in [-0.2, 0) is 0 Å².